The molecule has 0 fully saturated rings. The average Bonchev–Trinajstić information content (AvgIpc) is 2.45. The first-order valence-corrected chi connectivity index (χ1v) is 6.39. The first kappa shape index (κ1) is 15.9. The minimum Gasteiger partial charge on any atom is -0.480 e. The number of carbonyl (C=O) groups is 2. The van der Waals surface area contributed by atoms with Crippen molar-refractivity contribution >= 4 is 11.9 Å². The fourth-order valence-corrected chi connectivity index (χ4v) is 1.96. The van der Waals surface area contributed by atoms with Crippen LogP contribution in [0.3, 0.4) is 0 Å². The number of hydrogen-bond donors (Lipinski definition) is 2. The maximum atomic E-state index is 12.3. The van der Waals surface area contributed by atoms with E-state index < -0.39 is 17.9 Å². The van der Waals surface area contributed by atoms with Crippen molar-refractivity contribution in [2.45, 2.75) is 13.0 Å². The van der Waals surface area contributed by atoms with Crippen LogP contribution in [0.2, 0.25) is 0 Å². The van der Waals surface area contributed by atoms with Gasteiger partial charge in [-0.3, -0.25) is 9.59 Å². The molecule has 2 unspecified atom stereocenters. The fraction of sp³-hybridized carbons (Fsp3) is 0.333. The van der Waals surface area contributed by atoms with Crippen LogP contribution in [0.5, 0.6) is 0 Å². The van der Waals surface area contributed by atoms with Crippen LogP contribution >= 0.6 is 0 Å². The van der Waals surface area contributed by atoms with Gasteiger partial charge in [0.2, 0.25) is 5.91 Å². The number of carboxylic acid groups (broad SMARTS) is 1. The van der Waals surface area contributed by atoms with Gasteiger partial charge in [-0.05, 0) is 5.56 Å². The molecule has 1 aromatic rings. The number of carboxylic acids is 1. The molecule has 0 radical (unpaired) electrons. The Morgan fingerprint density at radius 3 is 2.50 bits per heavy atom. The summed E-state index contributed by atoms with van der Waals surface area (Å²) in [7, 11) is 0. The molecule has 0 aliphatic carbocycles. The highest BCUT2D eigenvalue weighted by Gasteiger charge is 2.27. The smallest absolute Gasteiger partial charge is 0.323 e. The van der Waals surface area contributed by atoms with Crippen molar-refractivity contribution in [2.75, 3.05) is 13.1 Å². The summed E-state index contributed by atoms with van der Waals surface area (Å²) in [6.07, 6.45) is 1.50. The number of hydrogen-bond acceptors (Lipinski definition) is 3. The van der Waals surface area contributed by atoms with E-state index in [0.29, 0.717) is 0 Å². The van der Waals surface area contributed by atoms with E-state index in [1.165, 1.54) is 11.0 Å². The quantitative estimate of drug-likeness (QED) is 0.738. The highest BCUT2D eigenvalue weighted by molar-refractivity contribution is 5.83. The van der Waals surface area contributed by atoms with E-state index in [9.17, 15) is 9.59 Å². The zero-order chi connectivity index (χ0) is 15.1. The van der Waals surface area contributed by atoms with E-state index >= 15 is 0 Å². The van der Waals surface area contributed by atoms with Crippen LogP contribution in [-0.2, 0) is 9.59 Å². The maximum Gasteiger partial charge on any atom is 0.323 e. The molecular formula is C15H20N2O3. The Morgan fingerprint density at radius 1 is 1.40 bits per heavy atom. The second kappa shape index (κ2) is 7.45. The van der Waals surface area contributed by atoms with Gasteiger partial charge >= 0.3 is 5.97 Å². The molecule has 1 rings (SSSR count). The molecule has 108 valence electrons. The van der Waals surface area contributed by atoms with E-state index in [1.807, 2.05) is 30.3 Å². The van der Waals surface area contributed by atoms with E-state index in [0.717, 1.165) is 5.56 Å². The maximum absolute atomic E-state index is 12.3. The summed E-state index contributed by atoms with van der Waals surface area (Å²) in [6, 6.07) is 8.81. The number of carbonyl (C=O) groups excluding carboxylic acids is 1. The molecule has 0 saturated carbocycles. The Hall–Kier alpha value is -2.14. The molecule has 0 aliphatic heterocycles. The monoisotopic (exact) mass is 276 g/mol. The Balaban J connectivity index is 2.82. The second-order valence-corrected chi connectivity index (χ2v) is 4.63. The number of amides is 1. The SMILES string of the molecule is C=CCN(CC(=O)O)C(=O)C(C)C(N)c1ccccc1. The average molecular weight is 276 g/mol. The van der Waals surface area contributed by atoms with Crippen molar-refractivity contribution in [3.63, 3.8) is 0 Å². The Morgan fingerprint density at radius 2 is 2.00 bits per heavy atom. The lowest BCUT2D eigenvalue weighted by molar-refractivity contribution is -0.145. The van der Waals surface area contributed by atoms with Gasteiger partial charge in [0.1, 0.15) is 6.54 Å². The molecule has 2 atom stereocenters. The van der Waals surface area contributed by atoms with Crippen LogP contribution in [-0.4, -0.2) is 35.0 Å². The van der Waals surface area contributed by atoms with Crippen molar-refractivity contribution in [1.29, 1.82) is 0 Å². The minimum absolute atomic E-state index is 0.191. The standard InChI is InChI=1S/C15H20N2O3/c1-3-9-17(10-13(18)19)15(20)11(2)14(16)12-7-5-4-6-8-12/h3-8,11,14H,1,9-10,16H2,2H3,(H,18,19). The van der Waals surface area contributed by atoms with E-state index in [-0.39, 0.29) is 19.0 Å². The number of benzene rings is 1. The first-order chi connectivity index (χ1) is 9.47. The van der Waals surface area contributed by atoms with Crippen LogP contribution in [0.1, 0.15) is 18.5 Å². The zero-order valence-electron chi connectivity index (χ0n) is 11.5. The molecule has 1 amide bonds. The molecule has 0 aliphatic rings. The van der Waals surface area contributed by atoms with E-state index in [1.54, 1.807) is 6.92 Å². The third-order valence-corrected chi connectivity index (χ3v) is 3.10. The van der Waals surface area contributed by atoms with Gasteiger partial charge < -0.3 is 15.7 Å². The fourth-order valence-electron chi connectivity index (χ4n) is 1.96. The second-order valence-electron chi connectivity index (χ2n) is 4.63. The molecule has 20 heavy (non-hydrogen) atoms. The summed E-state index contributed by atoms with van der Waals surface area (Å²) in [6.45, 7) is 5.08. The summed E-state index contributed by atoms with van der Waals surface area (Å²) in [5.41, 5.74) is 6.93. The van der Waals surface area contributed by atoms with E-state index in [4.69, 9.17) is 10.8 Å². The predicted molar refractivity (Wildman–Crippen MR) is 76.9 cm³/mol. The molecule has 3 N–H and O–H groups in total. The highest BCUT2D eigenvalue weighted by atomic mass is 16.4. The lowest BCUT2D eigenvalue weighted by Gasteiger charge is -2.26. The lowest BCUT2D eigenvalue weighted by Crippen LogP contribution is -2.42. The van der Waals surface area contributed by atoms with Crippen LogP contribution in [0.15, 0.2) is 43.0 Å². The van der Waals surface area contributed by atoms with Gasteiger partial charge in [-0.2, -0.15) is 0 Å². The lowest BCUT2D eigenvalue weighted by atomic mass is 9.94. The summed E-state index contributed by atoms with van der Waals surface area (Å²) >= 11 is 0. The molecule has 0 heterocycles. The molecule has 5 nitrogen and oxygen atoms in total. The Labute approximate surface area is 118 Å². The van der Waals surface area contributed by atoms with E-state index in [2.05, 4.69) is 6.58 Å². The number of nitrogens with two attached hydrogens (primary N) is 1. The first-order valence-electron chi connectivity index (χ1n) is 6.39. The number of nitrogens with zero attached hydrogens (tertiary/aromatic N) is 1. The number of aliphatic carboxylic acids is 1. The summed E-state index contributed by atoms with van der Waals surface area (Å²) in [5.74, 6) is -1.85. The largest absolute Gasteiger partial charge is 0.480 e. The summed E-state index contributed by atoms with van der Waals surface area (Å²) in [5, 5.41) is 8.84. The van der Waals surface area contributed by atoms with Crippen molar-refractivity contribution in [1.82, 2.24) is 4.90 Å². The predicted octanol–water partition coefficient (Wildman–Crippen LogP) is 1.42. The Bertz CT molecular complexity index is 473. The van der Waals surface area contributed by atoms with Crippen LogP contribution in [0.25, 0.3) is 0 Å². The molecule has 0 saturated heterocycles. The van der Waals surface area contributed by atoms with Gasteiger partial charge in [0.25, 0.3) is 0 Å². The van der Waals surface area contributed by atoms with Crippen LogP contribution in [0.4, 0.5) is 0 Å². The van der Waals surface area contributed by atoms with Gasteiger partial charge in [-0.15, -0.1) is 6.58 Å². The normalized spacial score (nSPS) is 13.3. The molecule has 0 spiro atoms. The molecule has 1 aromatic carbocycles. The van der Waals surface area contributed by atoms with Crippen LogP contribution < -0.4 is 5.73 Å². The molecular weight excluding hydrogens is 256 g/mol. The van der Waals surface area contributed by atoms with Gasteiger partial charge in [-0.25, -0.2) is 0 Å². The molecule has 0 bridgehead atoms. The van der Waals surface area contributed by atoms with Crippen molar-refractivity contribution in [2.24, 2.45) is 11.7 Å². The third kappa shape index (κ3) is 4.20. The number of rotatable bonds is 7. The summed E-state index contributed by atoms with van der Waals surface area (Å²) < 4.78 is 0. The molecule has 5 heteroatoms. The van der Waals surface area contributed by atoms with Gasteiger partial charge in [0.05, 0.1) is 5.92 Å². The van der Waals surface area contributed by atoms with Crippen molar-refractivity contribution in [3.05, 3.63) is 48.6 Å². The highest BCUT2D eigenvalue weighted by Crippen LogP contribution is 2.21. The van der Waals surface area contributed by atoms with Gasteiger partial charge in [0, 0.05) is 12.6 Å². The minimum atomic E-state index is -1.05. The van der Waals surface area contributed by atoms with Crippen molar-refractivity contribution < 1.29 is 14.7 Å². The third-order valence-electron chi connectivity index (χ3n) is 3.10. The van der Waals surface area contributed by atoms with Gasteiger partial charge in [-0.1, -0.05) is 43.3 Å². The van der Waals surface area contributed by atoms with Gasteiger partial charge in [0.15, 0.2) is 0 Å². The Kier molecular flexibility index (Phi) is 5.93. The topological polar surface area (TPSA) is 83.6 Å². The zero-order valence-corrected chi connectivity index (χ0v) is 11.5. The molecule has 0 aromatic heterocycles. The van der Waals surface area contributed by atoms with Crippen molar-refractivity contribution in [3.8, 4) is 0 Å². The van der Waals surface area contributed by atoms with Crippen LogP contribution in [0, 0.1) is 5.92 Å². The summed E-state index contributed by atoms with van der Waals surface area (Å²) in [4.78, 5) is 24.3.